The van der Waals surface area contributed by atoms with Gasteiger partial charge in [0, 0.05) is 17.4 Å². The first-order chi connectivity index (χ1) is 9.82. The molecule has 1 aliphatic rings. The van der Waals surface area contributed by atoms with Gasteiger partial charge in [0.1, 0.15) is 0 Å². The molecule has 1 aromatic carbocycles. The minimum absolute atomic E-state index is 0.159. The molecule has 112 valence electrons. The Kier molecular flexibility index (Phi) is 4.26. The van der Waals surface area contributed by atoms with Gasteiger partial charge in [-0.1, -0.05) is 52.0 Å². The van der Waals surface area contributed by atoms with E-state index in [2.05, 4.69) is 13.8 Å². The maximum Gasteiger partial charge on any atom is 0.233 e. The van der Waals surface area contributed by atoms with Gasteiger partial charge in [-0.2, -0.15) is 0 Å². The molecule has 21 heavy (non-hydrogen) atoms. The zero-order chi connectivity index (χ0) is 15.7. The van der Waals surface area contributed by atoms with Crippen LogP contribution in [0.4, 0.5) is 0 Å². The van der Waals surface area contributed by atoms with Crippen LogP contribution >= 0.6 is 0 Å². The molecule has 2 rings (SSSR count). The zero-order valence-electron chi connectivity index (χ0n) is 12.9. The summed E-state index contributed by atoms with van der Waals surface area (Å²) in [6, 6.07) is 7.35. The Morgan fingerprint density at radius 1 is 1.05 bits per heavy atom. The van der Waals surface area contributed by atoms with Crippen LogP contribution in [0.1, 0.15) is 49.5 Å². The summed E-state index contributed by atoms with van der Waals surface area (Å²) in [6.07, 6.45) is 0. The topological polar surface area (TPSA) is 54.5 Å². The average Bonchev–Trinajstić information content (AvgIpc) is 2.65. The summed E-state index contributed by atoms with van der Waals surface area (Å²) in [7, 11) is 0. The van der Waals surface area contributed by atoms with Gasteiger partial charge in [-0.25, -0.2) is 0 Å². The molecule has 1 aromatic rings. The van der Waals surface area contributed by atoms with Crippen molar-refractivity contribution in [1.82, 2.24) is 4.90 Å². The molecule has 0 N–H and O–H groups in total. The fourth-order valence-electron chi connectivity index (χ4n) is 2.47. The van der Waals surface area contributed by atoms with Crippen molar-refractivity contribution in [3.63, 3.8) is 0 Å². The molecule has 0 aromatic heterocycles. The Morgan fingerprint density at radius 2 is 1.52 bits per heavy atom. The Morgan fingerprint density at radius 3 is 1.95 bits per heavy atom. The molecule has 0 spiro atoms. The first-order valence-corrected chi connectivity index (χ1v) is 7.31. The normalized spacial score (nSPS) is 22.2. The first-order valence-electron chi connectivity index (χ1n) is 7.31. The molecule has 1 fully saturated rings. The maximum absolute atomic E-state index is 12.2. The lowest BCUT2D eigenvalue weighted by Gasteiger charge is -2.14. The third-order valence-electron chi connectivity index (χ3n) is 4.26. The van der Waals surface area contributed by atoms with Crippen LogP contribution in [0.15, 0.2) is 24.3 Å². The molecule has 2 unspecified atom stereocenters. The van der Waals surface area contributed by atoms with Gasteiger partial charge in [-0.05, 0) is 11.5 Å². The van der Waals surface area contributed by atoms with Crippen LogP contribution in [0.3, 0.4) is 0 Å². The number of likely N-dealkylation sites (tertiary alicyclic amines) is 1. The van der Waals surface area contributed by atoms with Crippen molar-refractivity contribution in [2.45, 2.75) is 33.6 Å². The van der Waals surface area contributed by atoms with Crippen LogP contribution < -0.4 is 0 Å². The molecular formula is C17H21NO3. The molecule has 1 heterocycles. The third-order valence-corrected chi connectivity index (χ3v) is 4.26. The van der Waals surface area contributed by atoms with Gasteiger partial charge in [-0.15, -0.1) is 0 Å². The number of nitrogens with zero attached hydrogens (tertiary/aromatic N) is 1. The van der Waals surface area contributed by atoms with E-state index in [0.29, 0.717) is 11.5 Å². The minimum atomic E-state index is -0.339. The lowest BCUT2D eigenvalue weighted by molar-refractivity contribution is -0.139. The summed E-state index contributed by atoms with van der Waals surface area (Å²) >= 11 is 0. The second kappa shape index (κ2) is 5.80. The van der Waals surface area contributed by atoms with Crippen LogP contribution in [0.25, 0.3) is 0 Å². The largest absolute Gasteiger partial charge is 0.292 e. The molecule has 4 nitrogen and oxygen atoms in total. The number of amides is 2. The number of carbonyl (C=O) groups is 3. The summed E-state index contributed by atoms with van der Waals surface area (Å²) in [5.74, 6) is -0.979. The SMILES string of the molecule is CC(C)c1ccc(C(=O)CN2C(=O)C(C)C(C)C2=O)cc1. The van der Waals surface area contributed by atoms with Crippen LogP contribution in [-0.4, -0.2) is 29.0 Å². The molecule has 1 saturated heterocycles. The van der Waals surface area contributed by atoms with Gasteiger partial charge in [0.15, 0.2) is 5.78 Å². The third kappa shape index (κ3) is 2.89. The van der Waals surface area contributed by atoms with Crippen LogP contribution in [0, 0.1) is 11.8 Å². The summed E-state index contributed by atoms with van der Waals surface area (Å²) in [6.45, 7) is 7.47. The van der Waals surface area contributed by atoms with Crippen LogP contribution in [0.5, 0.6) is 0 Å². The van der Waals surface area contributed by atoms with Crippen molar-refractivity contribution < 1.29 is 14.4 Å². The van der Waals surface area contributed by atoms with E-state index < -0.39 is 0 Å². The van der Waals surface area contributed by atoms with E-state index in [1.54, 1.807) is 26.0 Å². The summed E-state index contributed by atoms with van der Waals surface area (Å²) in [5.41, 5.74) is 1.69. The van der Waals surface area contributed by atoms with E-state index in [9.17, 15) is 14.4 Å². The van der Waals surface area contributed by atoms with Crippen LogP contribution in [-0.2, 0) is 9.59 Å². The lowest BCUT2D eigenvalue weighted by atomic mass is 10.00. The first kappa shape index (κ1) is 15.4. The maximum atomic E-state index is 12.2. The second-order valence-electron chi connectivity index (χ2n) is 6.04. The van der Waals surface area contributed by atoms with Gasteiger partial charge in [0.25, 0.3) is 0 Å². The Balaban J connectivity index is 2.11. The van der Waals surface area contributed by atoms with Crippen molar-refractivity contribution >= 4 is 17.6 Å². The number of Topliss-reactive ketones (excluding diaryl/α,β-unsaturated/α-hetero) is 1. The predicted octanol–water partition coefficient (Wildman–Crippen LogP) is 2.63. The van der Waals surface area contributed by atoms with E-state index in [-0.39, 0.29) is 36.0 Å². The van der Waals surface area contributed by atoms with Gasteiger partial charge >= 0.3 is 0 Å². The molecule has 0 aliphatic carbocycles. The van der Waals surface area contributed by atoms with E-state index in [1.807, 2.05) is 12.1 Å². The highest BCUT2D eigenvalue weighted by molar-refractivity contribution is 6.09. The number of rotatable bonds is 4. The van der Waals surface area contributed by atoms with E-state index in [1.165, 1.54) is 0 Å². The van der Waals surface area contributed by atoms with Crippen molar-refractivity contribution in [3.05, 3.63) is 35.4 Å². The summed E-state index contributed by atoms with van der Waals surface area (Å²) in [4.78, 5) is 37.3. The Labute approximate surface area is 125 Å². The second-order valence-corrected chi connectivity index (χ2v) is 6.04. The molecule has 0 radical (unpaired) electrons. The van der Waals surface area contributed by atoms with Crippen molar-refractivity contribution in [1.29, 1.82) is 0 Å². The monoisotopic (exact) mass is 287 g/mol. The van der Waals surface area contributed by atoms with Crippen molar-refractivity contribution in [2.24, 2.45) is 11.8 Å². The minimum Gasteiger partial charge on any atom is -0.292 e. The molecule has 2 amide bonds. The fourth-order valence-corrected chi connectivity index (χ4v) is 2.47. The average molecular weight is 287 g/mol. The van der Waals surface area contributed by atoms with Gasteiger partial charge < -0.3 is 0 Å². The van der Waals surface area contributed by atoms with Crippen LogP contribution in [0.2, 0.25) is 0 Å². The number of ketones is 1. The number of hydrogen-bond acceptors (Lipinski definition) is 3. The van der Waals surface area contributed by atoms with Crippen molar-refractivity contribution in [2.75, 3.05) is 6.54 Å². The number of benzene rings is 1. The standard InChI is InChI=1S/C17H21NO3/c1-10(2)13-5-7-14(8-6-13)15(19)9-18-16(20)11(3)12(4)17(18)21/h5-8,10-12H,9H2,1-4H3. The lowest BCUT2D eigenvalue weighted by Crippen LogP contribution is -2.35. The smallest absolute Gasteiger partial charge is 0.233 e. The molecule has 0 bridgehead atoms. The highest BCUT2D eigenvalue weighted by atomic mass is 16.2. The van der Waals surface area contributed by atoms with Crippen molar-refractivity contribution in [3.8, 4) is 0 Å². The quantitative estimate of drug-likeness (QED) is 0.632. The van der Waals surface area contributed by atoms with Gasteiger partial charge in [-0.3, -0.25) is 19.3 Å². The molecular weight excluding hydrogens is 266 g/mol. The van der Waals surface area contributed by atoms with Gasteiger partial charge in [0.2, 0.25) is 11.8 Å². The molecule has 0 saturated carbocycles. The molecule has 4 heteroatoms. The summed E-state index contributed by atoms with van der Waals surface area (Å²) in [5, 5.41) is 0. The van der Waals surface area contributed by atoms with Gasteiger partial charge in [0.05, 0.1) is 6.54 Å². The van der Waals surface area contributed by atoms with E-state index in [0.717, 1.165) is 10.5 Å². The number of carbonyl (C=O) groups excluding carboxylic acids is 3. The molecule has 2 atom stereocenters. The van der Waals surface area contributed by atoms with E-state index >= 15 is 0 Å². The fraction of sp³-hybridized carbons (Fsp3) is 0.471. The van der Waals surface area contributed by atoms with E-state index in [4.69, 9.17) is 0 Å². The highest BCUT2D eigenvalue weighted by Gasteiger charge is 2.42. The molecule has 1 aliphatic heterocycles. The Hall–Kier alpha value is -1.97. The summed E-state index contributed by atoms with van der Waals surface area (Å²) < 4.78 is 0. The number of hydrogen-bond donors (Lipinski definition) is 0. The predicted molar refractivity (Wildman–Crippen MR) is 79.9 cm³/mol. The Bertz CT molecular complexity index is 554. The zero-order valence-corrected chi connectivity index (χ0v) is 12.9. The highest BCUT2D eigenvalue weighted by Crippen LogP contribution is 2.25. The number of imide groups is 1.